The highest BCUT2D eigenvalue weighted by atomic mass is 35.5. The van der Waals surface area contributed by atoms with Gasteiger partial charge in [-0.2, -0.15) is 5.10 Å². The van der Waals surface area contributed by atoms with Crippen LogP contribution in [0.5, 0.6) is 0 Å². The number of carbonyl (C=O) groups is 1. The molecule has 0 unspecified atom stereocenters. The highest BCUT2D eigenvalue weighted by Gasteiger charge is 2.19. The molecule has 0 amide bonds. The van der Waals surface area contributed by atoms with E-state index in [1.54, 1.807) is 12.1 Å². The van der Waals surface area contributed by atoms with Gasteiger partial charge in [-0.15, -0.1) is 0 Å². The number of carbonyl (C=O) groups excluding carboxylic acids is 1. The van der Waals surface area contributed by atoms with Crippen LogP contribution in [0.1, 0.15) is 28.0 Å². The molecule has 0 radical (unpaired) electrons. The van der Waals surface area contributed by atoms with Crippen molar-refractivity contribution in [2.45, 2.75) is 29.8 Å². The van der Waals surface area contributed by atoms with Gasteiger partial charge in [0.1, 0.15) is 11.6 Å². The molecule has 5 rings (SSSR count). The normalized spacial score (nSPS) is 12.9. The van der Waals surface area contributed by atoms with E-state index in [9.17, 15) is 4.79 Å². The Balaban J connectivity index is 1.31. The summed E-state index contributed by atoms with van der Waals surface area (Å²) < 4.78 is 0. The molecule has 7 nitrogen and oxygen atoms in total. The molecule has 1 fully saturated rings. The van der Waals surface area contributed by atoms with Crippen molar-refractivity contribution in [1.29, 1.82) is 0 Å². The Morgan fingerprint density at radius 1 is 1.09 bits per heavy atom. The van der Waals surface area contributed by atoms with Crippen LogP contribution in [0.15, 0.2) is 70.7 Å². The van der Waals surface area contributed by atoms with Crippen LogP contribution in [0, 0.1) is 6.92 Å². The lowest BCUT2D eigenvalue weighted by Gasteiger charge is -2.32. The van der Waals surface area contributed by atoms with Gasteiger partial charge < -0.3 is 10.2 Å². The molecule has 34 heavy (non-hydrogen) atoms. The fourth-order valence-corrected chi connectivity index (χ4v) is 4.60. The minimum atomic E-state index is 0.000838. The first-order chi connectivity index (χ1) is 16.5. The van der Waals surface area contributed by atoms with Crippen LogP contribution in [0.4, 0.5) is 17.5 Å². The third-order valence-electron chi connectivity index (χ3n) is 5.51. The molecule has 0 spiro atoms. The van der Waals surface area contributed by atoms with Crippen molar-refractivity contribution in [2.75, 3.05) is 23.3 Å². The van der Waals surface area contributed by atoms with Gasteiger partial charge in [-0.05, 0) is 54.9 Å². The largest absolute Gasteiger partial charge is 0.356 e. The van der Waals surface area contributed by atoms with Crippen LogP contribution in [-0.2, 0) is 6.42 Å². The molecular formula is C25H23ClN6OS. The minimum absolute atomic E-state index is 0.000838. The number of aromatic nitrogens is 4. The Morgan fingerprint density at radius 2 is 1.88 bits per heavy atom. The molecule has 1 saturated heterocycles. The smallest absolute Gasteiger partial charge is 0.196 e. The molecule has 0 bridgehead atoms. The maximum Gasteiger partial charge on any atom is 0.196 e. The highest BCUT2D eigenvalue weighted by Crippen LogP contribution is 2.30. The van der Waals surface area contributed by atoms with Crippen molar-refractivity contribution >= 4 is 46.6 Å². The molecule has 2 N–H and O–H groups in total. The number of halogens is 1. The Bertz CT molecular complexity index is 1320. The molecule has 3 heterocycles. The van der Waals surface area contributed by atoms with E-state index < -0.39 is 0 Å². The van der Waals surface area contributed by atoms with E-state index in [0.717, 1.165) is 35.1 Å². The fourth-order valence-electron chi connectivity index (χ4n) is 3.59. The lowest BCUT2D eigenvalue weighted by Crippen LogP contribution is -2.37. The topological polar surface area (TPSA) is 86.8 Å². The van der Waals surface area contributed by atoms with E-state index in [0.29, 0.717) is 33.8 Å². The Hall–Kier alpha value is -3.36. The zero-order valence-corrected chi connectivity index (χ0v) is 20.2. The number of nitrogens with one attached hydrogen (secondary N) is 2. The summed E-state index contributed by atoms with van der Waals surface area (Å²) in [4.78, 5) is 25.3. The lowest BCUT2D eigenvalue weighted by molar-refractivity contribution is 0.0993. The van der Waals surface area contributed by atoms with Gasteiger partial charge in [-0.3, -0.25) is 9.89 Å². The zero-order valence-electron chi connectivity index (χ0n) is 18.6. The number of hydrogen-bond donors (Lipinski definition) is 2. The molecule has 2 aromatic heterocycles. The number of hydrogen-bond acceptors (Lipinski definition) is 7. The maximum atomic E-state index is 12.6. The third-order valence-corrected chi connectivity index (χ3v) is 6.71. The maximum absolute atomic E-state index is 12.6. The number of nitrogens with zero attached hydrogens (tertiary/aromatic N) is 4. The standard InChI is InChI=1S/C25H23ClN6OS/c1-16-13-23(31-30-16)27-22-15-24(32-11-4-12-32)29-25(28-22)34-18-9-7-17(8-10-18)14-21(33)19-5-2-3-6-20(19)26/h2-3,5-10,13,15H,4,11-12,14H2,1H3,(H2,27,28,29,30,31). The summed E-state index contributed by atoms with van der Waals surface area (Å²) in [6.45, 7) is 3.95. The molecular weight excluding hydrogens is 468 g/mol. The van der Waals surface area contributed by atoms with Gasteiger partial charge in [-0.25, -0.2) is 9.97 Å². The number of Topliss-reactive ketones (excluding diaryl/α,β-unsaturated/α-hetero) is 1. The monoisotopic (exact) mass is 490 g/mol. The summed E-state index contributed by atoms with van der Waals surface area (Å²) in [7, 11) is 0. The molecule has 1 aliphatic heterocycles. The molecule has 0 atom stereocenters. The van der Waals surface area contributed by atoms with Crippen molar-refractivity contribution in [3.63, 3.8) is 0 Å². The summed E-state index contributed by atoms with van der Waals surface area (Å²) >= 11 is 7.65. The number of rotatable bonds is 8. The predicted molar refractivity (Wildman–Crippen MR) is 136 cm³/mol. The van der Waals surface area contributed by atoms with Crippen LogP contribution in [0.25, 0.3) is 0 Å². The van der Waals surface area contributed by atoms with Gasteiger partial charge in [-0.1, -0.05) is 35.9 Å². The van der Waals surface area contributed by atoms with Crippen molar-refractivity contribution < 1.29 is 4.79 Å². The number of aromatic amines is 1. The number of benzene rings is 2. The first kappa shape index (κ1) is 22.4. The number of ketones is 1. The van der Waals surface area contributed by atoms with Crippen molar-refractivity contribution in [2.24, 2.45) is 0 Å². The Morgan fingerprint density at radius 3 is 2.56 bits per heavy atom. The third kappa shape index (κ3) is 5.24. The Kier molecular flexibility index (Phi) is 6.51. The molecule has 4 aromatic rings. The summed E-state index contributed by atoms with van der Waals surface area (Å²) in [5.41, 5.74) is 2.45. The second-order valence-electron chi connectivity index (χ2n) is 8.12. The van der Waals surface area contributed by atoms with Gasteiger partial charge >= 0.3 is 0 Å². The van der Waals surface area contributed by atoms with E-state index in [1.807, 2.05) is 55.5 Å². The average Bonchev–Trinajstić information content (AvgIpc) is 3.18. The van der Waals surface area contributed by atoms with Gasteiger partial charge in [0.05, 0.1) is 5.02 Å². The first-order valence-corrected chi connectivity index (χ1v) is 12.2. The van der Waals surface area contributed by atoms with Gasteiger partial charge in [0.2, 0.25) is 0 Å². The SMILES string of the molecule is Cc1cc(Nc2cc(N3CCC3)nc(Sc3ccc(CC(=O)c4ccccc4Cl)cc3)n2)n[nH]1. The fraction of sp³-hybridized carbons (Fsp3) is 0.200. The van der Waals surface area contributed by atoms with Crippen LogP contribution < -0.4 is 10.2 Å². The average molecular weight is 491 g/mol. The van der Waals surface area contributed by atoms with E-state index in [2.05, 4.69) is 25.4 Å². The quantitative estimate of drug-likeness (QED) is 0.242. The van der Waals surface area contributed by atoms with Crippen molar-refractivity contribution in [3.05, 3.63) is 82.5 Å². The summed E-state index contributed by atoms with van der Waals surface area (Å²) in [5.74, 6) is 2.32. The lowest BCUT2D eigenvalue weighted by atomic mass is 10.0. The first-order valence-electron chi connectivity index (χ1n) is 11.0. The molecule has 1 aliphatic rings. The Labute approximate surface area is 207 Å². The van der Waals surface area contributed by atoms with Crippen molar-refractivity contribution in [3.8, 4) is 0 Å². The molecule has 9 heteroatoms. The second-order valence-corrected chi connectivity index (χ2v) is 9.57. The van der Waals surface area contributed by atoms with Crippen LogP contribution >= 0.6 is 23.4 Å². The summed E-state index contributed by atoms with van der Waals surface area (Å²) in [6, 6.07) is 18.9. The van der Waals surface area contributed by atoms with Crippen LogP contribution in [-0.4, -0.2) is 39.0 Å². The molecule has 2 aromatic carbocycles. The molecule has 172 valence electrons. The van der Waals surface area contributed by atoms with Crippen LogP contribution in [0.3, 0.4) is 0 Å². The predicted octanol–water partition coefficient (Wildman–Crippen LogP) is 5.69. The molecule has 0 saturated carbocycles. The number of aryl methyl sites for hydroxylation is 1. The van der Waals surface area contributed by atoms with Crippen LogP contribution in [0.2, 0.25) is 5.02 Å². The van der Waals surface area contributed by atoms with Gasteiger partial charge in [0, 0.05) is 47.8 Å². The van der Waals surface area contributed by atoms with Gasteiger partial charge in [0.15, 0.2) is 16.8 Å². The zero-order chi connectivity index (χ0) is 23.5. The van der Waals surface area contributed by atoms with Gasteiger partial charge in [0.25, 0.3) is 0 Å². The number of H-pyrrole nitrogens is 1. The second kappa shape index (κ2) is 9.87. The van der Waals surface area contributed by atoms with E-state index in [4.69, 9.17) is 16.6 Å². The van der Waals surface area contributed by atoms with Crippen molar-refractivity contribution in [1.82, 2.24) is 20.2 Å². The summed E-state index contributed by atoms with van der Waals surface area (Å²) in [5, 5.41) is 11.6. The van der Waals surface area contributed by atoms with E-state index in [-0.39, 0.29) is 5.78 Å². The highest BCUT2D eigenvalue weighted by molar-refractivity contribution is 7.99. The molecule has 0 aliphatic carbocycles. The minimum Gasteiger partial charge on any atom is -0.356 e. The summed E-state index contributed by atoms with van der Waals surface area (Å²) in [6.07, 6.45) is 1.47. The van der Waals surface area contributed by atoms with E-state index >= 15 is 0 Å². The number of anilines is 3. The van der Waals surface area contributed by atoms with E-state index in [1.165, 1.54) is 18.2 Å².